The van der Waals surface area contributed by atoms with Gasteiger partial charge in [0.15, 0.2) is 0 Å². The number of benzene rings is 2. The van der Waals surface area contributed by atoms with Gasteiger partial charge in [-0.3, -0.25) is 4.79 Å². The summed E-state index contributed by atoms with van der Waals surface area (Å²) in [6, 6.07) is 4.89. The van der Waals surface area contributed by atoms with Crippen molar-refractivity contribution < 1.29 is 33.2 Å². The Labute approximate surface area is 173 Å². The van der Waals surface area contributed by atoms with E-state index in [0.29, 0.717) is 17.1 Å². The lowest BCUT2D eigenvalue weighted by atomic mass is 9.75. The second-order valence-electron chi connectivity index (χ2n) is 7.67. The molecule has 0 saturated heterocycles. The highest BCUT2D eigenvalue weighted by Gasteiger charge is 2.36. The topological polar surface area (TPSA) is 87.1 Å². The molecular formula is C21H22BF2NO5. The Morgan fingerprint density at radius 2 is 1.93 bits per heavy atom. The van der Waals surface area contributed by atoms with Gasteiger partial charge in [0.1, 0.15) is 17.7 Å². The van der Waals surface area contributed by atoms with Crippen LogP contribution in [0.3, 0.4) is 0 Å². The number of hydrogen-bond acceptors (Lipinski definition) is 4. The van der Waals surface area contributed by atoms with E-state index in [2.05, 4.69) is 0 Å². The van der Waals surface area contributed by atoms with Crippen molar-refractivity contribution in [3.8, 4) is 0 Å². The molecule has 6 nitrogen and oxygen atoms in total. The summed E-state index contributed by atoms with van der Waals surface area (Å²) < 4.78 is 32.8. The molecule has 2 N–H and O–H groups in total. The molecule has 0 bridgehead atoms. The second-order valence-corrected chi connectivity index (χ2v) is 7.67. The Hall–Kier alpha value is -2.78. The molecule has 9 heteroatoms. The SMILES string of the molecule is Cc1c(C(=O)N(Cc2ccc(F)cc2F)C(C(=O)O)C(C)C)ccc2c1B(O)OC2. The van der Waals surface area contributed by atoms with E-state index in [1.165, 1.54) is 6.07 Å². The van der Waals surface area contributed by atoms with E-state index in [1.54, 1.807) is 32.9 Å². The molecule has 0 fully saturated rings. The first-order valence-corrected chi connectivity index (χ1v) is 9.51. The fraction of sp³-hybridized carbons (Fsp3) is 0.333. The van der Waals surface area contributed by atoms with Crippen LogP contribution in [0.4, 0.5) is 8.78 Å². The summed E-state index contributed by atoms with van der Waals surface area (Å²) in [5.74, 6) is -3.97. The predicted octanol–water partition coefficient (Wildman–Crippen LogP) is 2.24. The van der Waals surface area contributed by atoms with Crippen molar-refractivity contribution in [2.75, 3.05) is 0 Å². The summed E-state index contributed by atoms with van der Waals surface area (Å²) in [6.45, 7) is 4.79. The van der Waals surface area contributed by atoms with E-state index < -0.39 is 42.6 Å². The minimum Gasteiger partial charge on any atom is -0.480 e. The molecule has 1 amide bonds. The van der Waals surface area contributed by atoms with E-state index in [9.17, 15) is 28.5 Å². The zero-order valence-corrected chi connectivity index (χ0v) is 16.9. The number of amides is 1. The fourth-order valence-electron chi connectivity index (χ4n) is 3.80. The van der Waals surface area contributed by atoms with Crippen molar-refractivity contribution in [3.63, 3.8) is 0 Å². The van der Waals surface area contributed by atoms with E-state index >= 15 is 0 Å². The molecule has 0 aliphatic carbocycles. The molecule has 2 aromatic carbocycles. The molecule has 1 heterocycles. The van der Waals surface area contributed by atoms with Gasteiger partial charge >= 0.3 is 13.1 Å². The van der Waals surface area contributed by atoms with Crippen molar-refractivity contribution in [2.24, 2.45) is 5.92 Å². The quantitative estimate of drug-likeness (QED) is 0.705. The standard InChI is InChI=1S/C21H22BF2NO5/c1-11(2)19(21(27)28)25(9-13-4-6-15(23)8-17(13)24)20(26)16-7-5-14-10-30-22(29)18(14)12(16)3/h4-8,11,19,29H,9-10H2,1-3H3,(H,27,28). The summed E-state index contributed by atoms with van der Waals surface area (Å²) in [4.78, 5) is 26.5. The zero-order chi connectivity index (χ0) is 22.2. The molecule has 0 spiro atoms. The van der Waals surface area contributed by atoms with Gasteiger partial charge < -0.3 is 19.7 Å². The second kappa shape index (κ2) is 8.53. The number of carbonyl (C=O) groups is 2. The molecule has 3 rings (SSSR count). The number of nitrogens with zero attached hydrogens (tertiary/aromatic N) is 1. The predicted molar refractivity (Wildman–Crippen MR) is 106 cm³/mol. The van der Waals surface area contributed by atoms with E-state index in [0.717, 1.165) is 16.5 Å². The average Bonchev–Trinajstić information content (AvgIpc) is 3.04. The van der Waals surface area contributed by atoms with Crippen LogP contribution in [0, 0.1) is 24.5 Å². The van der Waals surface area contributed by atoms with Crippen molar-refractivity contribution in [3.05, 3.63) is 64.2 Å². The van der Waals surface area contributed by atoms with Gasteiger partial charge in [0.05, 0.1) is 6.61 Å². The smallest absolute Gasteiger partial charge is 0.480 e. The normalized spacial score (nSPS) is 14.0. The van der Waals surface area contributed by atoms with E-state index in [-0.39, 0.29) is 24.3 Å². The summed E-state index contributed by atoms with van der Waals surface area (Å²) in [5, 5.41) is 19.8. The van der Waals surface area contributed by atoms with Gasteiger partial charge in [-0.2, -0.15) is 0 Å². The lowest BCUT2D eigenvalue weighted by molar-refractivity contribution is -0.144. The van der Waals surface area contributed by atoms with Gasteiger partial charge in [0.2, 0.25) is 0 Å². The Balaban J connectivity index is 2.07. The first-order valence-electron chi connectivity index (χ1n) is 9.51. The maximum Gasteiger partial charge on any atom is 0.492 e. The van der Waals surface area contributed by atoms with Crippen LogP contribution in [0.1, 0.15) is 40.9 Å². The molecule has 30 heavy (non-hydrogen) atoms. The zero-order valence-electron chi connectivity index (χ0n) is 16.9. The highest BCUT2D eigenvalue weighted by molar-refractivity contribution is 6.62. The third-order valence-corrected chi connectivity index (χ3v) is 5.32. The summed E-state index contributed by atoms with van der Waals surface area (Å²) >= 11 is 0. The van der Waals surface area contributed by atoms with Crippen molar-refractivity contribution in [1.29, 1.82) is 0 Å². The monoisotopic (exact) mass is 417 g/mol. The van der Waals surface area contributed by atoms with Gasteiger partial charge in [-0.1, -0.05) is 26.0 Å². The molecule has 0 aromatic heterocycles. The number of carboxylic acids is 1. The fourth-order valence-corrected chi connectivity index (χ4v) is 3.80. The summed E-state index contributed by atoms with van der Waals surface area (Å²) in [6.07, 6.45) is 0. The van der Waals surface area contributed by atoms with Crippen molar-refractivity contribution >= 4 is 24.5 Å². The number of carbonyl (C=O) groups excluding carboxylic acids is 1. The largest absolute Gasteiger partial charge is 0.492 e. The molecule has 1 aliphatic heterocycles. The first-order chi connectivity index (χ1) is 14.1. The molecule has 1 atom stereocenters. The minimum atomic E-state index is -1.24. The van der Waals surface area contributed by atoms with Crippen molar-refractivity contribution in [2.45, 2.75) is 40.0 Å². The Morgan fingerprint density at radius 3 is 2.53 bits per heavy atom. The third kappa shape index (κ3) is 4.08. The molecule has 2 aromatic rings. The number of carboxylic acid groups (broad SMARTS) is 1. The highest BCUT2D eigenvalue weighted by atomic mass is 19.1. The Morgan fingerprint density at radius 1 is 1.23 bits per heavy atom. The maximum atomic E-state index is 14.3. The molecule has 1 aliphatic rings. The Bertz CT molecular complexity index is 998. The lowest BCUT2D eigenvalue weighted by Crippen LogP contribution is -2.48. The van der Waals surface area contributed by atoms with Crippen LogP contribution in [0.15, 0.2) is 30.3 Å². The maximum absolute atomic E-state index is 14.3. The van der Waals surface area contributed by atoms with Gasteiger partial charge in [0, 0.05) is 23.7 Å². The minimum absolute atomic E-state index is 0.00108. The van der Waals surface area contributed by atoms with Gasteiger partial charge in [-0.25, -0.2) is 13.6 Å². The third-order valence-electron chi connectivity index (χ3n) is 5.32. The number of hydrogen-bond donors (Lipinski definition) is 2. The molecule has 1 unspecified atom stereocenters. The Kier molecular flexibility index (Phi) is 6.23. The van der Waals surface area contributed by atoms with Crippen LogP contribution < -0.4 is 5.46 Å². The van der Waals surface area contributed by atoms with Crippen LogP contribution in [0.25, 0.3) is 0 Å². The molecule has 0 radical (unpaired) electrons. The molecule has 158 valence electrons. The number of fused-ring (bicyclic) bond motifs is 1. The van der Waals surface area contributed by atoms with E-state index in [1.807, 2.05) is 0 Å². The van der Waals surface area contributed by atoms with Gasteiger partial charge in [0.25, 0.3) is 5.91 Å². The number of rotatable bonds is 6. The van der Waals surface area contributed by atoms with Gasteiger partial charge in [-0.05, 0) is 41.6 Å². The van der Waals surface area contributed by atoms with Crippen molar-refractivity contribution in [1.82, 2.24) is 4.90 Å². The summed E-state index contributed by atoms with van der Waals surface area (Å²) in [5.41, 5.74) is 1.88. The van der Waals surface area contributed by atoms with Crippen LogP contribution in [-0.2, 0) is 22.6 Å². The molecular weight excluding hydrogens is 395 g/mol. The van der Waals surface area contributed by atoms with E-state index in [4.69, 9.17) is 4.65 Å². The van der Waals surface area contributed by atoms with Crippen LogP contribution in [0.2, 0.25) is 0 Å². The van der Waals surface area contributed by atoms with Crippen LogP contribution in [0.5, 0.6) is 0 Å². The van der Waals surface area contributed by atoms with Crippen LogP contribution in [-0.4, -0.2) is 40.1 Å². The lowest BCUT2D eigenvalue weighted by Gasteiger charge is -2.32. The summed E-state index contributed by atoms with van der Waals surface area (Å²) in [7, 11) is -1.17. The number of aliphatic carboxylic acids is 1. The average molecular weight is 417 g/mol. The highest BCUT2D eigenvalue weighted by Crippen LogP contribution is 2.23. The van der Waals surface area contributed by atoms with Crippen LogP contribution >= 0.6 is 0 Å². The van der Waals surface area contributed by atoms with Gasteiger partial charge in [-0.15, -0.1) is 0 Å². The first kappa shape index (κ1) is 21.9. The number of halogens is 2. The molecule has 0 saturated carbocycles.